The fourth-order valence-electron chi connectivity index (χ4n) is 3.07. The van der Waals surface area contributed by atoms with Crippen LogP contribution >= 0.6 is 23.4 Å². The van der Waals surface area contributed by atoms with E-state index in [1.54, 1.807) is 54.6 Å². The summed E-state index contributed by atoms with van der Waals surface area (Å²) in [5.74, 6) is -1.31. The number of thioether (sulfide) groups is 1. The smallest absolute Gasteiger partial charge is 0.268 e. The maximum Gasteiger partial charge on any atom is 0.268 e. The van der Waals surface area contributed by atoms with Gasteiger partial charge in [0, 0.05) is 15.5 Å². The minimum atomic E-state index is -0.451. The normalized spacial score (nSPS) is 14.1. The molecule has 0 radical (unpaired) electrons. The van der Waals surface area contributed by atoms with Crippen LogP contribution in [0.1, 0.15) is 11.1 Å². The molecular weight excluding hydrogens is 409 g/mol. The van der Waals surface area contributed by atoms with Crippen LogP contribution in [0, 0.1) is 5.82 Å². The van der Waals surface area contributed by atoms with E-state index in [1.807, 2.05) is 18.2 Å². The molecule has 6 heteroatoms. The molecule has 0 unspecified atom stereocenters. The third-order valence-corrected chi connectivity index (χ3v) is 5.85. The molecule has 0 spiro atoms. The SMILES string of the molecule is O=C1C(Sc2ccc(Cl)cc2)=C(c2ccccc2)C(=O)N1Cc1ccccc1F. The Morgan fingerprint density at radius 1 is 0.828 bits per heavy atom. The fraction of sp³-hybridized carbons (Fsp3) is 0.0435. The first kappa shape index (κ1) is 19.4. The Morgan fingerprint density at radius 2 is 1.48 bits per heavy atom. The number of nitrogens with zero attached hydrogens (tertiary/aromatic N) is 1. The van der Waals surface area contributed by atoms with Crippen LogP contribution < -0.4 is 0 Å². The van der Waals surface area contributed by atoms with E-state index in [1.165, 1.54) is 17.8 Å². The zero-order chi connectivity index (χ0) is 20.4. The van der Waals surface area contributed by atoms with Crippen molar-refractivity contribution in [3.63, 3.8) is 0 Å². The van der Waals surface area contributed by atoms with Crippen molar-refractivity contribution in [2.24, 2.45) is 0 Å². The maximum atomic E-state index is 14.1. The van der Waals surface area contributed by atoms with Gasteiger partial charge in [-0.25, -0.2) is 4.39 Å². The third-order valence-electron chi connectivity index (χ3n) is 4.51. The van der Waals surface area contributed by atoms with Gasteiger partial charge in [0.15, 0.2) is 0 Å². The third kappa shape index (κ3) is 3.97. The van der Waals surface area contributed by atoms with Crippen LogP contribution in [0.15, 0.2) is 88.7 Å². The lowest BCUT2D eigenvalue weighted by molar-refractivity contribution is -0.137. The van der Waals surface area contributed by atoms with Crippen molar-refractivity contribution in [1.82, 2.24) is 4.90 Å². The predicted octanol–water partition coefficient (Wildman–Crippen LogP) is 5.55. The number of carbonyl (C=O) groups is 2. The lowest BCUT2D eigenvalue weighted by atomic mass is 10.1. The number of amides is 2. The molecule has 4 rings (SSSR count). The van der Waals surface area contributed by atoms with Crippen LogP contribution in [-0.4, -0.2) is 16.7 Å². The summed E-state index contributed by atoms with van der Waals surface area (Å²) in [7, 11) is 0. The highest BCUT2D eigenvalue weighted by atomic mass is 35.5. The first-order valence-electron chi connectivity index (χ1n) is 8.87. The minimum Gasteiger partial charge on any atom is -0.269 e. The lowest BCUT2D eigenvalue weighted by Crippen LogP contribution is -2.31. The molecule has 3 nitrogen and oxygen atoms in total. The van der Waals surface area contributed by atoms with Gasteiger partial charge in [-0.05, 0) is 35.9 Å². The van der Waals surface area contributed by atoms with E-state index in [4.69, 9.17) is 11.6 Å². The van der Waals surface area contributed by atoms with Crippen LogP contribution in [0.3, 0.4) is 0 Å². The second-order valence-electron chi connectivity index (χ2n) is 6.41. The Morgan fingerprint density at radius 3 is 2.17 bits per heavy atom. The van der Waals surface area contributed by atoms with Gasteiger partial charge in [0.05, 0.1) is 17.0 Å². The van der Waals surface area contributed by atoms with Crippen LogP contribution in [0.5, 0.6) is 0 Å². The van der Waals surface area contributed by atoms with Gasteiger partial charge in [0.1, 0.15) is 5.82 Å². The minimum absolute atomic E-state index is 0.120. The summed E-state index contributed by atoms with van der Waals surface area (Å²) in [5.41, 5.74) is 1.27. The van der Waals surface area contributed by atoms with Crippen molar-refractivity contribution >= 4 is 40.8 Å². The molecule has 0 N–H and O–H groups in total. The molecule has 0 bridgehead atoms. The van der Waals surface area contributed by atoms with Gasteiger partial charge in [-0.15, -0.1) is 0 Å². The molecule has 1 aliphatic rings. The lowest BCUT2D eigenvalue weighted by Gasteiger charge is -2.15. The summed E-state index contributed by atoms with van der Waals surface area (Å²) in [5, 5.41) is 0.585. The zero-order valence-corrected chi connectivity index (χ0v) is 16.7. The van der Waals surface area contributed by atoms with Crippen molar-refractivity contribution in [1.29, 1.82) is 0 Å². The van der Waals surface area contributed by atoms with Crippen molar-refractivity contribution < 1.29 is 14.0 Å². The topological polar surface area (TPSA) is 37.4 Å². The molecule has 3 aromatic carbocycles. The van der Waals surface area contributed by atoms with Crippen molar-refractivity contribution in [2.75, 3.05) is 0 Å². The molecule has 144 valence electrons. The number of hydrogen-bond acceptors (Lipinski definition) is 3. The van der Waals surface area contributed by atoms with E-state index in [0.717, 1.165) is 9.80 Å². The number of imide groups is 1. The second kappa shape index (κ2) is 8.23. The first-order valence-corrected chi connectivity index (χ1v) is 10.1. The quantitative estimate of drug-likeness (QED) is 0.505. The molecule has 0 fully saturated rings. The monoisotopic (exact) mass is 423 g/mol. The van der Waals surface area contributed by atoms with Gasteiger partial charge in [-0.2, -0.15) is 0 Å². The molecule has 0 aliphatic carbocycles. The Bertz CT molecular complexity index is 1110. The fourth-order valence-corrected chi connectivity index (χ4v) is 4.21. The summed E-state index contributed by atoms with van der Waals surface area (Å²) in [6, 6.07) is 22.2. The van der Waals surface area contributed by atoms with E-state index in [-0.39, 0.29) is 6.54 Å². The van der Waals surface area contributed by atoms with Gasteiger partial charge in [-0.1, -0.05) is 71.9 Å². The van der Waals surface area contributed by atoms with Crippen molar-refractivity contribution in [3.05, 3.63) is 106 Å². The number of rotatable bonds is 5. The molecule has 29 heavy (non-hydrogen) atoms. The summed E-state index contributed by atoms with van der Waals surface area (Å²) < 4.78 is 14.1. The number of carbonyl (C=O) groups excluding carboxylic acids is 2. The van der Waals surface area contributed by atoms with Crippen LogP contribution in [-0.2, 0) is 16.1 Å². The standard InChI is InChI=1S/C23H15ClFNO2S/c24-17-10-12-18(13-11-17)29-21-20(15-6-2-1-3-7-15)22(27)26(23(21)28)14-16-8-4-5-9-19(16)25/h1-13H,14H2. The molecule has 0 saturated heterocycles. The summed E-state index contributed by atoms with van der Waals surface area (Å²) >= 11 is 7.16. The number of benzene rings is 3. The van der Waals surface area contributed by atoms with Gasteiger partial charge >= 0.3 is 0 Å². The van der Waals surface area contributed by atoms with Crippen molar-refractivity contribution in [3.8, 4) is 0 Å². The average Bonchev–Trinajstić information content (AvgIpc) is 2.96. The van der Waals surface area contributed by atoms with Crippen LogP contribution in [0.4, 0.5) is 4.39 Å². The Kier molecular flexibility index (Phi) is 5.51. The summed E-state index contributed by atoms with van der Waals surface area (Å²) in [6.07, 6.45) is 0. The zero-order valence-electron chi connectivity index (χ0n) is 15.1. The van der Waals surface area contributed by atoms with Gasteiger partial charge < -0.3 is 0 Å². The van der Waals surface area contributed by atoms with Gasteiger partial charge in [-0.3, -0.25) is 14.5 Å². The van der Waals surface area contributed by atoms with E-state index >= 15 is 0 Å². The van der Waals surface area contributed by atoms with E-state index in [9.17, 15) is 14.0 Å². The Hall–Kier alpha value is -2.89. The molecule has 0 saturated carbocycles. The molecule has 1 aliphatic heterocycles. The molecule has 1 heterocycles. The molecule has 2 amide bonds. The number of halogens is 2. The largest absolute Gasteiger partial charge is 0.269 e. The summed E-state index contributed by atoms with van der Waals surface area (Å²) in [4.78, 5) is 28.5. The first-order chi connectivity index (χ1) is 14.0. The highest BCUT2D eigenvalue weighted by Crippen LogP contribution is 2.40. The van der Waals surface area contributed by atoms with Gasteiger partial charge in [0.2, 0.25) is 0 Å². The average molecular weight is 424 g/mol. The second-order valence-corrected chi connectivity index (χ2v) is 7.93. The highest BCUT2D eigenvalue weighted by molar-refractivity contribution is 8.04. The Labute approximate surface area is 176 Å². The van der Waals surface area contributed by atoms with Crippen LogP contribution in [0.25, 0.3) is 5.57 Å². The Balaban J connectivity index is 1.73. The maximum absolute atomic E-state index is 14.1. The van der Waals surface area contributed by atoms with Crippen molar-refractivity contribution in [2.45, 2.75) is 11.4 Å². The summed E-state index contributed by atoms with van der Waals surface area (Å²) in [6.45, 7) is -0.120. The van der Waals surface area contributed by atoms with E-state index < -0.39 is 17.6 Å². The van der Waals surface area contributed by atoms with E-state index in [2.05, 4.69) is 0 Å². The van der Waals surface area contributed by atoms with E-state index in [0.29, 0.717) is 26.6 Å². The molecule has 0 aromatic heterocycles. The predicted molar refractivity (Wildman–Crippen MR) is 113 cm³/mol. The van der Waals surface area contributed by atoms with Crippen LogP contribution in [0.2, 0.25) is 5.02 Å². The van der Waals surface area contributed by atoms with Gasteiger partial charge in [0.25, 0.3) is 11.8 Å². The molecule has 3 aromatic rings. The molecule has 0 atom stereocenters. The molecular formula is C23H15ClFNO2S. The number of hydrogen-bond donors (Lipinski definition) is 0. The highest BCUT2D eigenvalue weighted by Gasteiger charge is 2.39.